The number of benzene rings is 1. The molecule has 1 aromatic carbocycles. The highest BCUT2D eigenvalue weighted by Crippen LogP contribution is 2.23. The number of ether oxygens (including phenoxy) is 1. The fourth-order valence-electron chi connectivity index (χ4n) is 2.67. The van der Waals surface area contributed by atoms with E-state index < -0.39 is 0 Å². The molecule has 2 N–H and O–H groups in total. The van der Waals surface area contributed by atoms with E-state index in [1.807, 2.05) is 12.1 Å². The normalized spacial score (nSPS) is 19.9. The second-order valence-electron chi connectivity index (χ2n) is 6.20. The lowest BCUT2D eigenvalue weighted by Gasteiger charge is -2.24. The Morgan fingerprint density at radius 3 is 2.73 bits per heavy atom. The summed E-state index contributed by atoms with van der Waals surface area (Å²) in [6.45, 7) is 4.01. The van der Waals surface area contributed by atoms with E-state index in [2.05, 4.69) is 32.7 Å². The highest BCUT2D eigenvalue weighted by Gasteiger charge is 2.29. The molecule has 9 heteroatoms. The number of guanidine groups is 1. The number of nitrogens with zero attached hydrogens (tertiary/aromatic N) is 3. The van der Waals surface area contributed by atoms with E-state index in [0.29, 0.717) is 35.8 Å². The first kappa shape index (κ1) is 20.9. The summed E-state index contributed by atoms with van der Waals surface area (Å²) in [6, 6.07) is 7.30. The summed E-state index contributed by atoms with van der Waals surface area (Å²) in [5.74, 6) is 1.68. The Morgan fingerprint density at radius 2 is 2.08 bits per heavy atom. The standard InChI is InChI=1S/C17H22ClN5O2.HI/c1-17(8-3-9-24-17)11-21-16(19-2)20-10-14-22-15(23-25-14)12-4-6-13(18)7-5-12;/h4-7H,3,8-11H2,1-2H3,(H2,19,20,21);1H. The molecule has 1 aromatic heterocycles. The minimum atomic E-state index is -0.135. The molecular weight excluding hydrogens is 469 g/mol. The van der Waals surface area contributed by atoms with Gasteiger partial charge in [-0.15, -0.1) is 24.0 Å². The molecule has 1 saturated heterocycles. The Balaban J connectivity index is 0.00000243. The molecule has 142 valence electrons. The molecule has 0 spiro atoms. The summed E-state index contributed by atoms with van der Waals surface area (Å²) in [4.78, 5) is 8.58. The van der Waals surface area contributed by atoms with Gasteiger partial charge in [0.05, 0.1) is 12.1 Å². The minimum absolute atomic E-state index is 0. The second kappa shape index (κ2) is 9.52. The predicted molar refractivity (Wildman–Crippen MR) is 112 cm³/mol. The minimum Gasteiger partial charge on any atom is -0.373 e. The molecule has 0 amide bonds. The summed E-state index contributed by atoms with van der Waals surface area (Å²) >= 11 is 5.89. The average molecular weight is 492 g/mol. The van der Waals surface area contributed by atoms with Gasteiger partial charge in [0, 0.05) is 30.8 Å². The SMILES string of the molecule is CN=C(NCc1nc(-c2ccc(Cl)cc2)no1)NCC1(C)CCCO1.I. The van der Waals surface area contributed by atoms with Crippen LogP contribution in [-0.4, -0.2) is 41.9 Å². The Kier molecular flexibility index (Phi) is 7.66. The number of aromatic nitrogens is 2. The lowest BCUT2D eigenvalue weighted by Crippen LogP contribution is -2.45. The fraction of sp³-hybridized carbons (Fsp3) is 0.471. The van der Waals surface area contributed by atoms with Crippen molar-refractivity contribution in [3.8, 4) is 11.4 Å². The third kappa shape index (κ3) is 5.55. The van der Waals surface area contributed by atoms with Gasteiger partial charge in [-0.3, -0.25) is 4.99 Å². The third-order valence-corrected chi connectivity index (χ3v) is 4.38. The Morgan fingerprint density at radius 1 is 1.31 bits per heavy atom. The lowest BCUT2D eigenvalue weighted by atomic mass is 10.0. The molecule has 1 fully saturated rings. The number of aliphatic imine (C=N–C) groups is 1. The quantitative estimate of drug-likeness (QED) is 0.379. The molecule has 1 aliphatic heterocycles. The Bertz CT molecular complexity index is 729. The van der Waals surface area contributed by atoms with Crippen molar-refractivity contribution in [2.24, 2.45) is 4.99 Å². The number of hydrogen-bond donors (Lipinski definition) is 2. The fourth-order valence-corrected chi connectivity index (χ4v) is 2.80. The first-order chi connectivity index (χ1) is 12.1. The van der Waals surface area contributed by atoms with Crippen LogP contribution in [0.2, 0.25) is 5.02 Å². The van der Waals surface area contributed by atoms with Crippen LogP contribution in [0.1, 0.15) is 25.7 Å². The zero-order valence-electron chi connectivity index (χ0n) is 14.8. The predicted octanol–water partition coefficient (Wildman–Crippen LogP) is 3.24. The average Bonchev–Trinajstić information content (AvgIpc) is 3.25. The first-order valence-electron chi connectivity index (χ1n) is 8.25. The van der Waals surface area contributed by atoms with Crippen LogP contribution in [0.3, 0.4) is 0 Å². The van der Waals surface area contributed by atoms with E-state index in [4.69, 9.17) is 20.9 Å². The number of hydrogen-bond acceptors (Lipinski definition) is 5. The van der Waals surface area contributed by atoms with Crippen LogP contribution >= 0.6 is 35.6 Å². The molecule has 2 aromatic rings. The van der Waals surface area contributed by atoms with Crippen LogP contribution in [-0.2, 0) is 11.3 Å². The zero-order chi connectivity index (χ0) is 17.7. The van der Waals surface area contributed by atoms with Crippen molar-refractivity contribution in [2.75, 3.05) is 20.2 Å². The van der Waals surface area contributed by atoms with Crippen molar-refractivity contribution in [1.29, 1.82) is 0 Å². The molecule has 1 aliphatic rings. The molecule has 2 heterocycles. The monoisotopic (exact) mass is 491 g/mol. The van der Waals surface area contributed by atoms with Gasteiger partial charge in [0.25, 0.3) is 0 Å². The Hall–Kier alpha value is -1.39. The molecular formula is C17H23ClIN5O2. The van der Waals surface area contributed by atoms with Crippen LogP contribution in [0.15, 0.2) is 33.8 Å². The van der Waals surface area contributed by atoms with E-state index in [1.54, 1.807) is 19.2 Å². The van der Waals surface area contributed by atoms with Crippen molar-refractivity contribution in [3.63, 3.8) is 0 Å². The van der Waals surface area contributed by atoms with Gasteiger partial charge in [0.2, 0.25) is 11.7 Å². The van der Waals surface area contributed by atoms with Gasteiger partial charge >= 0.3 is 0 Å². The lowest BCUT2D eigenvalue weighted by molar-refractivity contribution is 0.0242. The molecule has 0 saturated carbocycles. The third-order valence-electron chi connectivity index (χ3n) is 4.13. The maximum atomic E-state index is 5.89. The van der Waals surface area contributed by atoms with E-state index >= 15 is 0 Å². The van der Waals surface area contributed by atoms with Gasteiger partial charge in [0.1, 0.15) is 0 Å². The summed E-state index contributed by atoms with van der Waals surface area (Å²) in [7, 11) is 1.72. The molecule has 1 atom stereocenters. The number of rotatable bonds is 5. The topological polar surface area (TPSA) is 84.6 Å². The molecule has 26 heavy (non-hydrogen) atoms. The van der Waals surface area contributed by atoms with Crippen molar-refractivity contribution >= 4 is 41.5 Å². The van der Waals surface area contributed by atoms with Gasteiger partial charge in [-0.25, -0.2) is 0 Å². The van der Waals surface area contributed by atoms with Crippen LogP contribution < -0.4 is 10.6 Å². The second-order valence-corrected chi connectivity index (χ2v) is 6.64. The summed E-state index contributed by atoms with van der Waals surface area (Å²) < 4.78 is 11.0. The van der Waals surface area contributed by atoms with Crippen molar-refractivity contribution in [1.82, 2.24) is 20.8 Å². The number of halogens is 2. The van der Waals surface area contributed by atoms with Crippen LogP contribution in [0.5, 0.6) is 0 Å². The van der Waals surface area contributed by atoms with Gasteiger partial charge in [-0.05, 0) is 44.0 Å². The van der Waals surface area contributed by atoms with Gasteiger partial charge in [0.15, 0.2) is 5.96 Å². The molecule has 0 radical (unpaired) electrons. The maximum Gasteiger partial charge on any atom is 0.246 e. The molecule has 0 bridgehead atoms. The van der Waals surface area contributed by atoms with Crippen LogP contribution in [0, 0.1) is 0 Å². The van der Waals surface area contributed by atoms with E-state index in [-0.39, 0.29) is 29.6 Å². The van der Waals surface area contributed by atoms with E-state index in [9.17, 15) is 0 Å². The largest absolute Gasteiger partial charge is 0.373 e. The van der Waals surface area contributed by atoms with Gasteiger partial charge < -0.3 is 19.9 Å². The highest BCUT2D eigenvalue weighted by atomic mass is 127. The summed E-state index contributed by atoms with van der Waals surface area (Å²) in [5, 5.41) is 11.1. The van der Waals surface area contributed by atoms with Crippen LogP contribution in [0.25, 0.3) is 11.4 Å². The van der Waals surface area contributed by atoms with Crippen molar-refractivity contribution < 1.29 is 9.26 Å². The zero-order valence-corrected chi connectivity index (χ0v) is 17.9. The number of nitrogens with one attached hydrogen (secondary N) is 2. The first-order valence-corrected chi connectivity index (χ1v) is 8.63. The highest BCUT2D eigenvalue weighted by molar-refractivity contribution is 14.0. The van der Waals surface area contributed by atoms with Crippen molar-refractivity contribution in [2.45, 2.75) is 31.9 Å². The molecule has 3 rings (SSSR count). The molecule has 7 nitrogen and oxygen atoms in total. The summed E-state index contributed by atoms with van der Waals surface area (Å²) in [6.07, 6.45) is 2.14. The van der Waals surface area contributed by atoms with Crippen LogP contribution in [0.4, 0.5) is 0 Å². The Labute approximate surface area is 175 Å². The van der Waals surface area contributed by atoms with E-state index in [0.717, 1.165) is 25.0 Å². The molecule has 0 aliphatic carbocycles. The van der Waals surface area contributed by atoms with Crippen molar-refractivity contribution in [3.05, 3.63) is 35.2 Å². The summed E-state index contributed by atoms with van der Waals surface area (Å²) in [5.41, 5.74) is 0.720. The van der Waals surface area contributed by atoms with Gasteiger partial charge in [-0.2, -0.15) is 4.98 Å². The molecule has 1 unspecified atom stereocenters. The van der Waals surface area contributed by atoms with E-state index in [1.165, 1.54) is 0 Å². The van der Waals surface area contributed by atoms with Gasteiger partial charge in [-0.1, -0.05) is 16.8 Å². The maximum absolute atomic E-state index is 5.89. The smallest absolute Gasteiger partial charge is 0.246 e.